The lowest BCUT2D eigenvalue weighted by molar-refractivity contribution is -0.143. The summed E-state index contributed by atoms with van der Waals surface area (Å²) >= 11 is 0. The maximum atomic E-state index is 15.1. The second-order valence-corrected chi connectivity index (χ2v) is 8.81. The number of carbonyl (C=O) groups excluding carboxylic acids is 1. The summed E-state index contributed by atoms with van der Waals surface area (Å²) in [5.41, 5.74) is 1.54. The molecule has 0 amide bonds. The molecule has 0 atom stereocenters. The molecule has 0 aliphatic heterocycles. The minimum absolute atomic E-state index is 0.00242. The van der Waals surface area contributed by atoms with E-state index in [0.29, 0.717) is 16.8 Å². The number of aryl methyl sites for hydroxylation is 1. The van der Waals surface area contributed by atoms with Gasteiger partial charge in [0.2, 0.25) is 0 Å². The molecule has 0 radical (unpaired) electrons. The van der Waals surface area contributed by atoms with Crippen LogP contribution < -0.4 is 4.74 Å². The van der Waals surface area contributed by atoms with Gasteiger partial charge in [-0.3, -0.25) is 4.79 Å². The molecule has 0 bridgehead atoms. The van der Waals surface area contributed by atoms with Gasteiger partial charge >= 0.3 is 5.97 Å². The Labute approximate surface area is 220 Å². The van der Waals surface area contributed by atoms with Crippen LogP contribution in [0.15, 0.2) is 60.9 Å². The van der Waals surface area contributed by atoms with Crippen LogP contribution in [0.3, 0.4) is 0 Å². The standard InChI is InChI=1S/C29H23F4N3O3/c1-2-38-25(37)9-6-16-4-3-5-17(26(16)32)12-18-15-35-29(36-18)21-13-19(7-8-22(21)30)39-28-23(31)14-24-20(27(28)33)10-11-34-24/h3-5,7-8,10-11,13-15,34H,2,6,9,12H2,1H3,(H,35,36). The van der Waals surface area contributed by atoms with Crippen LogP contribution in [0.25, 0.3) is 22.3 Å². The van der Waals surface area contributed by atoms with E-state index in [2.05, 4.69) is 15.0 Å². The molecule has 0 aliphatic carbocycles. The van der Waals surface area contributed by atoms with Gasteiger partial charge in [-0.2, -0.15) is 0 Å². The summed E-state index contributed by atoms with van der Waals surface area (Å²) in [5.74, 6) is -3.77. The fourth-order valence-corrected chi connectivity index (χ4v) is 4.30. The normalized spacial score (nSPS) is 11.2. The lowest BCUT2D eigenvalue weighted by Crippen LogP contribution is -2.07. The van der Waals surface area contributed by atoms with Crippen molar-refractivity contribution in [3.63, 3.8) is 0 Å². The smallest absolute Gasteiger partial charge is 0.306 e. The fourth-order valence-electron chi connectivity index (χ4n) is 4.30. The summed E-state index contributed by atoms with van der Waals surface area (Å²) in [6, 6.07) is 11.1. The third kappa shape index (κ3) is 5.50. The molecule has 2 N–H and O–H groups in total. The number of nitrogens with one attached hydrogen (secondary N) is 2. The van der Waals surface area contributed by atoms with Gasteiger partial charge in [0.1, 0.15) is 23.2 Å². The van der Waals surface area contributed by atoms with Crippen LogP contribution in [-0.4, -0.2) is 27.5 Å². The average Bonchev–Trinajstić information content (AvgIpc) is 3.58. The molecule has 0 saturated carbocycles. The Bertz CT molecular complexity index is 1660. The van der Waals surface area contributed by atoms with Crippen LogP contribution in [0.2, 0.25) is 0 Å². The molecule has 0 fully saturated rings. The molecular formula is C29H23F4N3O3. The van der Waals surface area contributed by atoms with Gasteiger partial charge in [-0.15, -0.1) is 0 Å². The number of hydrogen-bond donors (Lipinski definition) is 2. The lowest BCUT2D eigenvalue weighted by atomic mass is 10.0. The van der Waals surface area contributed by atoms with Gasteiger partial charge in [0.05, 0.1) is 17.7 Å². The van der Waals surface area contributed by atoms with Gasteiger partial charge in [-0.25, -0.2) is 22.5 Å². The van der Waals surface area contributed by atoms with Crippen molar-refractivity contribution in [2.75, 3.05) is 6.61 Å². The van der Waals surface area contributed by atoms with E-state index >= 15 is 4.39 Å². The van der Waals surface area contributed by atoms with Crippen molar-refractivity contribution in [1.82, 2.24) is 15.0 Å². The summed E-state index contributed by atoms with van der Waals surface area (Å²) in [5, 5.41) is 0.154. The molecule has 6 nitrogen and oxygen atoms in total. The number of benzene rings is 3. The SMILES string of the molecule is CCOC(=O)CCc1cccc(Cc2cnc(-c3cc(Oc4c(F)cc5[nH]ccc5c4F)ccc3F)[nH]2)c1F. The molecule has 2 aromatic heterocycles. The molecule has 0 unspecified atom stereocenters. The number of aromatic nitrogens is 3. The van der Waals surface area contributed by atoms with Crippen LogP contribution in [0.4, 0.5) is 17.6 Å². The lowest BCUT2D eigenvalue weighted by Gasteiger charge is -2.10. The molecule has 2 heterocycles. The first-order chi connectivity index (χ1) is 18.8. The minimum Gasteiger partial charge on any atom is -0.466 e. The van der Waals surface area contributed by atoms with E-state index < -0.39 is 35.0 Å². The van der Waals surface area contributed by atoms with Crippen molar-refractivity contribution >= 4 is 16.9 Å². The van der Waals surface area contributed by atoms with E-state index in [1.165, 1.54) is 30.6 Å². The van der Waals surface area contributed by atoms with Crippen LogP contribution in [-0.2, 0) is 22.4 Å². The molecule has 0 spiro atoms. The Hall–Kier alpha value is -4.60. The monoisotopic (exact) mass is 537 g/mol. The number of carbonyl (C=O) groups is 1. The number of rotatable bonds is 9. The number of halogens is 4. The Balaban J connectivity index is 1.35. The summed E-state index contributed by atoms with van der Waals surface area (Å²) in [7, 11) is 0. The number of ether oxygens (including phenoxy) is 2. The zero-order chi connectivity index (χ0) is 27.5. The number of esters is 1. The molecule has 10 heteroatoms. The van der Waals surface area contributed by atoms with Crippen molar-refractivity contribution in [3.05, 3.63) is 101 Å². The first-order valence-electron chi connectivity index (χ1n) is 12.2. The average molecular weight is 538 g/mol. The molecular weight excluding hydrogens is 514 g/mol. The zero-order valence-corrected chi connectivity index (χ0v) is 20.8. The highest BCUT2D eigenvalue weighted by Crippen LogP contribution is 2.34. The van der Waals surface area contributed by atoms with Crippen molar-refractivity contribution in [2.45, 2.75) is 26.2 Å². The van der Waals surface area contributed by atoms with Gasteiger partial charge < -0.3 is 19.4 Å². The van der Waals surface area contributed by atoms with E-state index in [0.717, 1.165) is 12.1 Å². The van der Waals surface area contributed by atoms with E-state index in [9.17, 15) is 18.0 Å². The zero-order valence-electron chi connectivity index (χ0n) is 20.8. The van der Waals surface area contributed by atoms with Crippen LogP contribution in [0, 0.1) is 23.3 Å². The third-order valence-electron chi connectivity index (χ3n) is 6.19. The number of aromatic amines is 2. The Morgan fingerprint density at radius 1 is 0.974 bits per heavy atom. The summed E-state index contributed by atoms with van der Waals surface area (Å²) in [6.45, 7) is 1.96. The predicted octanol–water partition coefficient (Wildman–Crippen LogP) is 6.99. The first-order valence-corrected chi connectivity index (χ1v) is 12.2. The van der Waals surface area contributed by atoms with Gasteiger partial charge in [0.25, 0.3) is 0 Å². The second kappa shape index (κ2) is 11.0. The Morgan fingerprint density at radius 2 is 1.79 bits per heavy atom. The number of hydrogen-bond acceptors (Lipinski definition) is 4. The summed E-state index contributed by atoms with van der Waals surface area (Å²) < 4.78 is 69.5. The van der Waals surface area contributed by atoms with Gasteiger partial charge in [0, 0.05) is 42.4 Å². The van der Waals surface area contributed by atoms with E-state index in [1.807, 2.05) is 0 Å². The largest absolute Gasteiger partial charge is 0.466 e. The molecule has 3 aromatic carbocycles. The Morgan fingerprint density at radius 3 is 2.62 bits per heavy atom. The van der Waals surface area contributed by atoms with Gasteiger partial charge in [-0.05, 0) is 48.7 Å². The van der Waals surface area contributed by atoms with Gasteiger partial charge in [-0.1, -0.05) is 18.2 Å². The quantitative estimate of drug-likeness (QED) is 0.157. The molecule has 5 aromatic rings. The number of nitrogens with zero attached hydrogens (tertiary/aromatic N) is 1. The first kappa shape index (κ1) is 26.0. The number of imidazole rings is 1. The van der Waals surface area contributed by atoms with Crippen molar-refractivity contribution in [1.29, 1.82) is 0 Å². The maximum Gasteiger partial charge on any atom is 0.306 e. The molecule has 200 valence electrons. The predicted molar refractivity (Wildman–Crippen MR) is 136 cm³/mol. The highest BCUT2D eigenvalue weighted by atomic mass is 19.1. The molecule has 5 rings (SSSR count). The van der Waals surface area contributed by atoms with Crippen molar-refractivity contribution < 1.29 is 31.8 Å². The summed E-state index contributed by atoms with van der Waals surface area (Å²) in [4.78, 5) is 21.5. The van der Waals surface area contributed by atoms with E-state index in [-0.39, 0.29) is 53.9 Å². The maximum absolute atomic E-state index is 15.1. The Kier molecular flexibility index (Phi) is 7.36. The number of fused-ring (bicyclic) bond motifs is 1. The highest BCUT2D eigenvalue weighted by Gasteiger charge is 2.19. The second-order valence-electron chi connectivity index (χ2n) is 8.81. The van der Waals surface area contributed by atoms with Gasteiger partial charge in [0.15, 0.2) is 17.4 Å². The van der Waals surface area contributed by atoms with Crippen LogP contribution >= 0.6 is 0 Å². The van der Waals surface area contributed by atoms with E-state index in [4.69, 9.17) is 9.47 Å². The third-order valence-corrected chi connectivity index (χ3v) is 6.19. The topological polar surface area (TPSA) is 80.0 Å². The van der Waals surface area contributed by atoms with E-state index in [1.54, 1.807) is 25.1 Å². The summed E-state index contributed by atoms with van der Waals surface area (Å²) in [6.07, 6.45) is 3.33. The van der Waals surface area contributed by atoms with Crippen LogP contribution in [0.5, 0.6) is 11.5 Å². The fraction of sp³-hybridized carbons (Fsp3) is 0.172. The van der Waals surface area contributed by atoms with Crippen molar-refractivity contribution in [2.24, 2.45) is 0 Å². The van der Waals surface area contributed by atoms with Crippen molar-refractivity contribution in [3.8, 4) is 22.9 Å². The minimum atomic E-state index is -0.917. The van der Waals surface area contributed by atoms with Crippen LogP contribution in [0.1, 0.15) is 30.2 Å². The molecule has 0 saturated heterocycles. The molecule has 0 aliphatic rings. The molecule has 39 heavy (non-hydrogen) atoms. The highest BCUT2D eigenvalue weighted by molar-refractivity contribution is 5.82. The number of H-pyrrole nitrogens is 2.